The summed E-state index contributed by atoms with van der Waals surface area (Å²) in [7, 11) is 0. The molecule has 0 saturated heterocycles. The van der Waals surface area contributed by atoms with Gasteiger partial charge in [0.05, 0.1) is 13.3 Å². The maximum atomic E-state index is 14.5. The van der Waals surface area contributed by atoms with E-state index in [0.717, 1.165) is 0 Å². The third-order valence-electron chi connectivity index (χ3n) is 4.83. The molecular weight excluding hydrogens is 474 g/mol. The van der Waals surface area contributed by atoms with Crippen LogP contribution in [0.2, 0.25) is 0 Å². The Hall–Kier alpha value is -1.02. The zero-order chi connectivity index (χ0) is 25.1. The first kappa shape index (κ1) is 30.0. The van der Waals surface area contributed by atoms with E-state index in [9.17, 15) is 61.5 Å². The standard InChI is InChI=1S/C16H20F14O/c1-9(5-3-7-17)11(19,13(21,22)23)15(27,28)31-16(29,30)12(20,14(24,25)26)10(2)6-4-8-18/h9-10H,3-8H2,1-2H3. The lowest BCUT2D eigenvalue weighted by molar-refractivity contribution is -0.492. The summed E-state index contributed by atoms with van der Waals surface area (Å²) in [5, 5.41) is 0. The van der Waals surface area contributed by atoms with Crippen LogP contribution < -0.4 is 0 Å². The van der Waals surface area contributed by atoms with E-state index in [4.69, 9.17) is 0 Å². The van der Waals surface area contributed by atoms with Crippen LogP contribution in [-0.2, 0) is 4.74 Å². The van der Waals surface area contributed by atoms with Crippen LogP contribution in [0.5, 0.6) is 0 Å². The van der Waals surface area contributed by atoms with E-state index < -0.39 is 86.8 Å². The van der Waals surface area contributed by atoms with Crippen molar-refractivity contribution in [1.82, 2.24) is 0 Å². The van der Waals surface area contributed by atoms with Crippen LogP contribution in [0.15, 0.2) is 0 Å². The summed E-state index contributed by atoms with van der Waals surface area (Å²) in [6.45, 7) is -2.58. The molecule has 1 nitrogen and oxygen atoms in total. The molecule has 0 aromatic rings. The van der Waals surface area contributed by atoms with Crippen LogP contribution in [0.25, 0.3) is 0 Å². The Morgan fingerprint density at radius 2 is 0.806 bits per heavy atom. The van der Waals surface area contributed by atoms with Gasteiger partial charge in [-0.25, -0.2) is 13.5 Å². The quantitative estimate of drug-likeness (QED) is 0.255. The van der Waals surface area contributed by atoms with Crippen LogP contribution in [0, 0.1) is 11.8 Å². The maximum Gasteiger partial charge on any atom is 0.431 e. The Kier molecular flexibility index (Phi) is 9.53. The van der Waals surface area contributed by atoms with Crippen molar-refractivity contribution in [3.05, 3.63) is 0 Å². The summed E-state index contributed by atoms with van der Waals surface area (Å²) in [6, 6.07) is 0. The van der Waals surface area contributed by atoms with Crippen molar-refractivity contribution in [3.63, 3.8) is 0 Å². The molecule has 0 spiro atoms. The Labute approximate surface area is 168 Å². The van der Waals surface area contributed by atoms with Gasteiger partial charge in [0.25, 0.3) is 11.3 Å². The van der Waals surface area contributed by atoms with Crippen molar-refractivity contribution in [2.45, 2.75) is 75.4 Å². The molecule has 4 atom stereocenters. The first-order valence-electron chi connectivity index (χ1n) is 8.76. The third-order valence-corrected chi connectivity index (χ3v) is 4.83. The molecule has 0 aromatic heterocycles. The fourth-order valence-corrected chi connectivity index (χ4v) is 2.94. The molecule has 188 valence electrons. The van der Waals surface area contributed by atoms with E-state index >= 15 is 0 Å². The fraction of sp³-hybridized carbons (Fsp3) is 1.00. The highest BCUT2D eigenvalue weighted by Gasteiger charge is 2.81. The molecule has 0 aliphatic rings. The summed E-state index contributed by atoms with van der Waals surface area (Å²) < 4.78 is 190. The average molecular weight is 494 g/mol. The van der Waals surface area contributed by atoms with Crippen molar-refractivity contribution in [2.75, 3.05) is 13.3 Å². The fourth-order valence-electron chi connectivity index (χ4n) is 2.94. The predicted molar refractivity (Wildman–Crippen MR) is 79.5 cm³/mol. The lowest BCUT2D eigenvalue weighted by Crippen LogP contribution is -2.67. The van der Waals surface area contributed by atoms with Crippen molar-refractivity contribution in [3.8, 4) is 0 Å². The Balaban J connectivity index is 6.40. The SMILES string of the molecule is CC(CCCF)C(F)(C(F)(F)F)C(F)(F)OC(F)(F)C(F)(C(C)CCCF)C(F)(F)F. The maximum absolute atomic E-state index is 14.5. The Morgan fingerprint density at radius 3 is 1.00 bits per heavy atom. The molecule has 0 saturated carbocycles. The smallest absolute Gasteiger partial charge is 0.251 e. The average Bonchev–Trinajstić information content (AvgIpc) is 2.59. The molecule has 4 unspecified atom stereocenters. The van der Waals surface area contributed by atoms with Gasteiger partial charge >= 0.3 is 24.6 Å². The van der Waals surface area contributed by atoms with E-state index in [-0.39, 0.29) is 13.8 Å². The zero-order valence-corrected chi connectivity index (χ0v) is 16.1. The second-order valence-corrected chi connectivity index (χ2v) is 7.02. The second-order valence-electron chi connectivity index (χ2n) is 7.02. The lowest BCUT2D eigenvalue weighted by atomic mass is 9.83. The number of hydrogen-bond acceptors (Lipinski definition) is 1. The number of alkyl halides is 14. The van der Waals surface area contributed by atoms with E-state index in [1.54, 1.807) is 0 Å². The van der Waals surface area contributed by atoms with Gasteiger partial charge < -0.3 is 0 Å². The van der Waals surface area contributed by atoms with Crippen LogP contribution in [-0.4, -0.2) is 49.3 Å². The first-order valence-corrected chi connectivity index (χ1v) is 8.76. The van der Waals surface area contributed by atoms with Gasteiger partial charge in [-0.3, -0.25) is 8.78 Å². The monoisotopic (exact) mass is 494 g/mol. The number of ether oxygens (including phenoxy) is 1. The number of halogens is 14. The van der Waals surface area contributed by atoms with Crippen LogP contribution in [0.3, 0.4) is 0 Å². The molecule has 31 heavy (non-hydrogen) atoms. The second kappa shape index (κ2) is 9.86. The number of rotatable bonds is 12. The number of hydrogen-bond donors (Lipinski definition) is 0. The molecule has 0 heterocycles. The summed E-state index contributed by atoms with van der Waals surface area (Å²) in [5.41, 5.74) is -12.0. The normalized spacial score (nSPS) is 20.1. The van der Waals surface area contributed by atoms with E-state index in [0.29, 0.717) is 0 Å². The molecule has 0 bridgehead atoms. The molecule has 0 amide bonds. The Morgan fingerprint density at radius 1 is 0.548 bits per heavy atom. The molecule has 0 aliphatic carbocycles. The van der Waals surface area contributed by atoms with Crippen molar-refractivity contribution < 1.29 is 66.2 Å². The molecule has 0 rings (SSSR count). The van der Waals surface area contributed by atoms with Crippen molar-refractivity contribution >= 4 is 0 Å². The van der Waals surface area contributed by atoms with E-state index in [2.05, 4.69) is 4.74 Å². The topological polar surface area (TPSA) is 9.23 Å². The molecule has 0 aliphatic heterocycles. The van der Waals surface area contributed by atoms with Crippen LogP contribution >= 0.6 is 0 Å². The van der Waals surface area contributed by atoms with Crippen LogP contribution in [0.1, 0.15) is 39.5 Å². The van der Waals surface area contributed by atoms with Gasteiger partial charge in [0, 0.05) is 11.8 Å². The van der Waals surface area contributed by atoms with Crippen LogP contribution in [0.4, 0.5) is 61.5 Å². The summed E-state index contributed by atoms with van der Waals surface area (Å²) >= 11 is 0. The molecular formula is C16H20F14O. The molecule has 0 aromatic carbocycles. The van der Waals surface area contributed by atoms with Gasteiger partial charge in [-0.2, -0.15) is 43.9 Å². The molecule has 15 heteroatoms. The zero-order valence-electron chi connectivity index (χ0n) is 16.1. The summed E-state index contributed by atoms with van der Waals surface area (Å²) in [5.74, 6) is -5.95. The highest BCUT2D eigenvalue weighted by molar-refractivity contribution is 5.04. The molecule has 0 fully saturated rings. The highest BCUT2D eigenvalue weighted by Crippen LogP contribution is 2.58. The minimum absolute atomic E-state index is 0.120. The van der Waals surface area contributed by atoms with Crippen molar-refractivity contribution in [2.24, 2.45) is 11.8 Å². The summed E-state index contributed by atoms with van der Waals surface area (Å²) in [4.78, 5) is 0. The summed E-state index contributed by atoms with van der Waals surface area (Å²) in [6.07, 6.45) is -31.2. The van der Waals surface area contributed by atoms with E-state index in [1.165, 1.54) is 0 Å². The Bertz CT molecular complexity index is 511. The third kappa shape index (κ3) is 5.67. The lowest BCUT2D eigenvalue weighted by Gasteiger charge is -2.43. The van der Waals surface area contributed by atoms with Gasteiger partial charge in [0.1, 0.15) is 0 Å². The molecule has 0 N–H and O–H groups in total. The van der Waals surface area contributed by atoms with Gasteiger partial charge in [-0.1, -0.05) is 13.8 Å². The largest absolute Gasteiger partial charge is 0.431 e. The highest BCUT2D eigenvalue weighted by atomic mass is 19.4. The predicted octanol–water partition coefficient (Wildman–Crippen LogP) is 7.50. The van der Waals surface area contributed by atoms with Gasteiger partial charge in [0.15, 0.2) is 0 Å². The van der Waals surface area contributed by atoms with Crippen molar-refractivity contribution in [1.29, 1.82) is 0 Å². The minimum Gasteiger partial charge on any atom is -0.251 e. The van der Waals surface area contributed by atoms with Gasteiger partial charge in [0.2, 0.25) is 0 Å². The van der Waals surface area contributed by atoms with E-state index in [1.807, 2.05) is 0 Å². The van der Waals surface area contributed by atoms with Gasteiger partial charge in [-0.05, 0) is 25.7 Å². The first-order chi connectivity index (χ1) is 13.7. The van der Waals surface area contributed by atoms with Gasteiger partial charge in [-0.15, -0.1) is 0 Å². The molecule has 0 radical (unpaired) electrons. The minimum atomic E-state index is -6.73.